The molecule has 0 aromatic carbocycles. The second-order valence-electron chi connectivity index (χ2n) is 3.82. The van der Waals surface area contributed by atoms with Crippen molar-refractivity contribution in [1.29, 1.82) is 0 Å². The first-order valence-electron chi connectivity index (χ1n) is 4.47. The Bertz CT molecular complexity index is 168. The van der Waals surface area contributed by atoms with Crippen molar-refractivity contribution in [3.05, 3.63) is 0 Å². The van der Waals surface area contributed by atoms with Gasteiger partial charge in [-0.1, -0.05) is 13.8 Å². The SMILES string of the molecule is CC(O)CN(C)C(C(=O)O)C(C)C. The van der Waals surface area contributed by atoms with Crippen molar-refractivity contribution in [3.8, 4) is 0 Å². The molecule has 2 atom stereocenters. The highest BCUT2D eigenvalue weighted by atomic mass is 16.4. The molecule has 0 saturated heterocycles. The predicted molar refractivity (Wildman–Crippen MR) is 50.6 cm³/mol. The number of aliphatic hydroxyl groups excluding tert-OH is 1. The summed E-state index contributed by atoms with van der Waals surface area (Å²) in [5.74, 6) is -0.792. The maximum atomic E-state index is 10.8. The van der Waals surface area contributed by atoms with Crippen LogP contribution in [0.15, 0.2) is 0 Å². The average molecular weight is 189 g/mol. The number of rotatable bonds is 5. The van der Waals surface area contributed by atoms with Crippen LogP contribution in [-0.4, -0.2) is 46.8 Å². The van der Waals surface area contributed by atoms with Crippen molar-refractivity contribution >= 4 is 5.97 Å². The van der Waals surface area contributed by atoms with E-state index in [-0.39, 0.29) is 5.92 Å². The van der Waals surface area contributed by atoms with Gasteiger partial charge in [0.15, 0.2) is 0 Å². The van der Waals surface area contributed by atoms with Gasteiger partial charge in [0.05, 0.1) is 6.10 Å². The smallest absolute Gasteiger partial charge is 0.321 e. The van der Waals surface area contributed by atoms with Crippen LogP contribution >= 0.6 is 0 Å². The number of aliphatic hydroxyl groups is 1. The fourth-order valence-corrected chi connectivity index (χ4v) is 1.51. The first-order valence-corrected chi connectivity index (χ1v) is 4.47. The van der Waals surface area contributed by atoms with E-state index in [1.54, 1.807) is 18.9 Å². The molecule has 2 N–H and O–H groups in total. The molecule has 0 aliphatic heterocycles. The molecule has 0 saturated carbocycles. The molecule has 4 heteroatoms. The number of hydrogen-bond donors (Lipinski definition) is 2. The average Bonchev–Trinajstić information content (AvgIpc) is 1.81. The van der Waals surface area contributed by atoms with Gasteiger partial charge in [0, 0.05) is 6.54 Å². The highest BCUT2D eigenvalue weighted by Crippen LogP contribution is 2.09. The molecule has 2 unspecified atom stereocenters. The maximum absolute atomic E-state index is 10.8. The quantitative estimate of drug-likeness (QED) is 0.657. The van der Waals surface area contributed by atoms with E-state index in [4.69, 9.17) is 10.2 Å². The van der Waals surface area contributed by atoms with Gasteiger partial charge in [-0.2, -0.15) is 0 Å². The molecule has 0 spiro atoms. The second kappa shape index (κ2) is 5.19. The van der Waals surface area contributed by atoms with E-state index in [0.29, 0.717) is 6.54 Å². The van der Waals surface area contributed by atoms with Crippen LogP contribution in [0.1, 0.15) is 20.8 Å². The van der Waals surface area contributed by atoms with Gasteiger partial charge in [0.25, 0.3) is 0 Å². The summed E-state index contributed by atoms with van der Waals surface area (Å²) in [6.07, 6.45) is -0.495. The zero-order valence-electron chi connectivity index (χ0n) is 8.69. The van der Waals surface area contributed by atoms with Crippen LogP contribution in [0.5, 0.6) is 0 Å². The Balaban J connectivity index is 4.28. The summed E-state index contributed by atoms with van der Waals surface area (Å²) >= 11 is 0. The van der Waals surface area contributed by atoms with Crippen molar-refractivity contribution in [2.24, 2.45) is 5.92 Å². The van der Waals surface area contributed by atoms with Gasteiger partial charge in [-0.15, -0.1) is 0 Å². The Morgan fingerprint density at radius 2 is 1.85 bits per heavy atom. The molecule has 0 aromatic rings. The van der Waals surface area contributed by atoms with Gasteiger partial charge in [-0.05, 0) is 19.9 Å². The van der Waals surface area contributed by atoms with Gasteiger partial charge in [-0.3, -0.25) is 9.69 Å². The molecule has 0 fully saturated rings. The van der Waals surface area contributed by atoms with Crippen LogP contribution in [0.25, 0.3) is 0 Å². The predicted octanol–water partition coefficient (Wildman–Crippen LogP) is 0.408. The lowest BCUT2D eigenvalue weighted by Crippen LogP contribution is -2.45. The van der Waals surface area contributed by atoms with Crippen LogP contribution in [0.2, 0.25) is 0 Å². The molecule has 0 aliphatic carbocycles. The van der Waals surface area contributed by atoms with Crippen LogP contribution in [0.3, 0.4) is 0 Å². The van der Waals surface area contributed by atoms with E-state index < -0.39 is 18.1 Å². The summed E-state index contributed by atoms with van der Waals surface area (Å²) in [6.45, 7) is 5.75. The minimum atomic E-state index is -0.835. The molecular formula is C9H19NO3. The van der Waals surface area contributed by atoms with Crippen molar-refractivity contribution in [2.75, 3.05) is 13.6 Å². The third-order valence-corrected chi connectivity index (χ3v) is 1.91. The Hall–Kier alpha value is -0.610. The molecule has 0 bridgehead atoms. The third-order valence-electron chi connectivity index (χ3n) is 1.91. The summed E-state index contributed by atoms with van der Waals surface area (Å²) in [7, 11) is 1.71. The molecule has 0 heterocycles. The standard InChI is InChI=1S/C9H19NO3/c1-6(2)8(9(12)13)10(4)5-7(3)11/h6-8,11H,5H2,1-4H3,(H,12,13). The third kappa shape index (κ3) is 4.24. The van der Waals surface area contributed by atoms with Crippen LogP contribution in [0.4, 0.5) is 0 Å². The monoisotopic (exact) mass is 189 g/mol. The van der Waals surface area contributed by atoms with E-state index >= 15 is 0 Å². The van der Waals surface area contributed by atoms with Gasteiger partial charge in [0.1, 0.15) is 6.04 Å². The Kier molecular flexibility index (Phi) is 4.95. The zero-order valence-corrected chi connectivity index (χ0v) is 8.69. The zero-order chi connectivity index (χ0) is 10.6. The van der Waals surface area contributed by atoms with E-state index in [1.165, 1.54) is 0 Å². The van der Waals surface area contributed by atoms with E-state index in [2.05, 4.69) is 0 Å². The Morgan fingerprint density at radius 1 is 1.38 bits per heavy atom. The maximum Gasteiger partial charge on any atom is 0.321 e. The van der Waals surface area contributed by atoms with Crippen molar-refractivity contribution < 1.29 is 15.0 Å². The number of nitrogens with zero attached hydrogens (tertiary/aromatic N) is 1. The molecular weight excluding hydrogens is 170 g/mol. The first-order chi connectivity index (χ1) is 5.86. The largest absolute Gasteiger partial charge is 0.480 e. The topological polar surface area (TPSA) is 60.8 Å². The van der Waals surface area contributed by atoms with E-state index in [9.17, 15) is 4.79 Å². The van der Waals surface area contributed by atoms with E-state index in [1.807, 2.05) is 13.8 Å². The molecule has 0 radical (unpaired) electrons. The van der Waals surface area contributed by atoms with Crippen molar-refractivity contribution in [3.63, 3.8) is 0 Å². The second-order valence-corrected chi connectivity index (χ2v) is 3.82. The minimum Gasteiger partial charge on any atom is -0.480 e. The molecule has 0 aromatic heterocycles. The highest BCUT2D eigenvalue weighted by Gasteiger charge is 2.26. The lowest BCUT2D eigenvalue weighted by Gasteiger charge is -2.28. The van der Waals surface area contributed by atoms with Gasteiger partial charge in [-0.25, -0.2) is 0 Å². The summed E-state index contributed by atoms with van der Waals surface area (Å²) in [5.41, 5.74) is 0. The summed E-state index contributed by atoms with van der Waals surface area (Å²) in [6, 6.07) is -0.519. The molecule has 13 heavy (non-hydrogen) atoms. The number of aliphatic carboxylic acids is 1. The normalized spacial score (nSPS) is 16.2. The molecule has 0 amide bonds. The molecule has 0 rings (SSSR count). The van der Waals surface area contributed by atoms with Gasteiger partial charge in [0.2, 0.25) is 0 Å². The first kappa shape index (κ1) is 12.4. The fourth-order valence-electron chi connectivity index (χ4n) is 1.51. The number of hydrogen-bond acceptors (Lipinski definition) is 3. The van der Waals surface area contributed by atoms with Gasteiger partial charge < -0.3 is 10.2 Å². The minimum absolute atomic E-state index is 0.0428. The number of carbonyl (C=O) groups is 1. The van der Waals surface area contributed by atoms with Crippen molar-refractivity contribution in [1.82, 2.24) is 4.90 Å². The van der Waals surface area contributed by atoms with Crippen LogP contribution < -0.4 is 0 Å². The van der Waals surface area contributed by atoms with Crippen LogP contribution in [-0.2, 0) is 4.79 Å². The molecule has 78 valence electrons. The van der Waals surface area contributed by atoms with Gasteiger partial charge >= 0.3 is 5.97 Å². The molecule has 0 aliphatic rings. The Morgan fingerprint density at radius 3 is 2.08 bits per heavy atom. The lowest BCUT2D eigenvalue weighted by molar-refractivity contribution is -0.144. The summed E-state index contributed by atoms with van der Waals surface area (Å²) in [5, 5.41) is 18.0. The summed E-state index contributed by atoms with van der Waals surface area (Å²) < 4.78 is 0. The number of carboxylic acid groups (broad SMARTS) is 1. The highest BCUT2D eigenvalue weighted by molar-refractivity contribution is 5.73. The molecule has 4 nitrogen and oxygen atoms in total. The number of carboxylic acids is 1. The fraction of sp³-hybridized carbons (Fsp3) is 0.889. The van der Waals surface area contributed by atoms with Crippen LogP contribution in [0, 0.1) is 5.92 Å². The number of likely N-dealkylation sites (N-methyl/N-ethyl adjacent to an activating group) is 1. The van der Waals surface area contributed by atoms with E-state index in [0.717, 1.165) is 0 Å². The lowest BCUT2D eigenvalue weighted by atomic mass is 10.0. The Labute approximate surface area is 79.2 Å². The van der Waals surface area contributed by atoms with Crippen molar-refractivity contribution in [2.45, 2.75) is 32.9 Å². The summed E-state index contributed by atoms with van der Waals surface area (Å²) in [4.78, 5) is 12.5.